The molecule has 0 atom stereocenters. The van der Waals surface area contributed by atoms with Gasteiger partial charge in [0.15, 0.2) is 6.29 Å². The Morgan fingerprint density at radius 1 is 1.04 bits per heavy atom. The van der Waals surface area contributed by atoms with Crippen LogP contribution in [0, 0.1) is 11.6 Å². The van der Waals surface area contributed by atoms with Gasteiger partial charge >= 0.3 is 0 Å². The van der Waals surface area contributed by atoms with Gasteiger partial charge in [0, 0.05) is 5.56 Å². The molecule has 23 heavy (non-hydrogen) atoms. The lowest BCUT2D eigenvalue weighted by Gasteiger charge is -1.99. The van der Waals surface area contributed by atoms with Gasteiger partial charge in [-0.1, -0.05) is 24.3 Å². The van der Waals surface area contributed by atoms with Gasteiger partial charge in [0.05, 0.1) is 15.6 Å². The van der Waals surface area contributed by atoms with E-state index in [9.17, 15) is 13.6 Å². The molecule has 0 saturated heterocycles. The molecular weight excluding hydrogens is 453 g/mol. The van der Waals surface area contributed by atoms with Crippen LogP contribution in [0.1, 0.15) is 15.9 Å². The molecule has 2 nitrogen and oxygen atoms in total. The summed E-state index contributed by atoms with van der Waals surface area (Å²) < 4.78 is 25.7. The third-order valence-electron chi connectivity index (χ3n) is 2.31. The fourth-order valence-corrected chi connectivity index (χ4v) is 2.03. The highest BCUT2D eigenvalue weighted by atomic mass is 79.9. The van der Waals surface area contributed by atoms with E-state index >= 15 is 0 Å². The number of aliphatic hydroxyl groups is 1. The largest absolute Gasteiger partial charge is 0.392 e. The molecule has 0 bridgehead atoms. The van der Waals surface area contributed by atoms with Gasteiger partial charge in [-0.15, -0.1) is 8.58 Å². The molecule has 0 aliphatic carbocycles. The minimum Gasteiger partial charge on any atom is -0.392 e. The molecule has 7 heteroatoms. The summed E-state index contributed by atoms with van der Waals surface area (Å²) in [5.41, 5.74) is 0.903. The van der Waals surface area contributed by atoms with E-state index in [-0.39, 0.29) is 16.9 Å². The maximum Gasteiger partial charge on any atom is 0.151 e. The van der Waals surface area contributed by atoms with Crippen LogP contribution in [-0.2, 0) is 6.61 Å². The van der Waals surface area contributed by atoms with Crippen molar-refractivity contribution < 1.29 is 18.7 Å². The van der Waals surface area contributed by atoms with E-state index in [0.717, 1.165) is 8.58 Å². The summed E-state index contributed by atoms with van der Waals surface area (Å²) in [6.45, 7) is 4.17. The van der Waals surface area contributed by atoms with E-state index in [1.54, 1.807) is 18.2 Å². The highest BCUT2D eigenvalue weighted by Crippen LogP contribution is 2.20. The first-order valence-electron chi connectivity index (χ1n) is 6.44. The molecule has 0 saturated carbocycles. The number of benzene rings is 2. The Bertz CT molecular complexity index is 625. The molecular formula is C16H17Br2F2O2P. The lowest BCUT2D eigenvalue weighted by atomic mass is 10.2. The van der Waals surface area contributed by atoms with Crippen molar-refractivity contribution in [1.82, 2.24) is 0 Å². The number of halogens is 4. The Morgan fingerprint density at radius 2 is 1.52 bits per heavy atom. The third kappa shape index (κ3) is 8.11. The van der Waals surface area contributed by atoms with Gasteiger partial charge in [0.25, 0.3) is 0 Å². The molecule has 0 aliphatic rings. The average molecular weight is 470 g/mol. The second-order valence-corrected chi connectivity index (χ2v) is 6.72. The minimum atomic E-state index is -0.412. The maximum absolute atomic E-state index is 12.6. The molecule has 0 amide bonds. The molecule has 2 aromatic rings. The molecule has 2 rings (SSSR count). The van der Waals surface area contributed by atoms with Crippen LogP contribution in [0.15, 0.2) is 45.3 Å². The first-order valence-corrected chi connectivity index (χ1v) is 10.0. The van der Waals surface area contributed by atoms with Crippen LogP contribution in [-0.4, -0.2) is 24.7 Å². The zero-order valence-electron chi connectivity index (χ0n) is 12.6. The number of carbonyl (C=O) groups excluding carboxylic acids is 1. The Kier molecular flexibility index (Phi) is 12.3. The standard InChI is InChI=1S/C7H6BrFO.C7H4BrFO.C2H7P/c2*8-7-5(4-10)2-1-3-6(7)9;1-3-2/h1-3,10H,4H2;1-4H;3H,1-2H3. The quantitative estimate of drug-likeness (QED) is 0.472. The molecule has 0 heterocycles. The van der Waals surface area contributed by atoms with E-state index in [2.05, 4.69) is 45.2 Å². The van der Waals surface area contributed by atoms with Crippen LogP contribution in [0.5, 0.6) is 0 Å². The summed E-state index contributed by atoms with van der Waals surface area (Å²) in [6, 6.07) is 8.88. The summed E-state index contributed by atoms with van der Waals surface area (Å²) in [7, 11) is 1.08. The number of aldehydes is 1. The first kappa shape index (κ1) is 22.3. The van der Waals surface area contributed by atoms with Gasteiger partial charge < -0.3 is 5.11 Å². The van der Waals surface area contributed by atoms with Crippen LogP contribution < -0.4 is 0 Å². The van der Waals surface area contributed by atoms with E-state index in [1.807, 2.05) is 0 Å². The van der Waals surface area contributed by atoms with Crippen LogP contribution in [0.3, 0.4) is 0 Å². The van der Waals surface area contributed by atoms with Crippen molar-refractivity contribution in [2.24, 2.45) is 0 Å². The van der Waals surface area contributed by atoms with Crippen molar-refractivity contribution in [1.29, 1.82) is 0 Å². The highest BCUT2D eigenvalue weighted by molar-refractivity contribution is 9.10. The van der Waals surface area contributed by atoms with Crippen LogP contribution in [0.25, 0.3) is 0 Å². The maximum atomic E-state index is 12.6. The fraction of sp³-hybridized carbons (Fsp3) is 0.188. The average Bonchev–Trinajstić information content (AvgIpc) is 2.54. The monoisotopic (exact) mass is 468 g/mol. The summed E-state index contributed by atoms with van der Waals surface area (Å²) in [6.07, 6.45) is 0.604. The summed E-state index contributed by atoms with van der Waals surface area (Å²) in [5.74, 6) is -0.754. The molecule has 0 spiro atoms. The number of hydrogen-bond donors (Lipinski definition) is 1. The van der Waals surface area contributed by atoms with E-state index < -0.39 is 5.82 Å². The summed E-state index contributed by atoms with van der Waals surface area (Å²) in [5, 5.41) is 8.65. The zero-order chi connectivity index (χ0) is 17.8. The second-order valence-electron chi connectivity index (χ2n) is 4.13. The predicted octanol–water partition coefficient (Wildman–Crippen LogP) is 5.41. The smallest absolute Gasteiger partial charge is 0.151 e. The molecule has 0 aromatic heterocycles. The molecule has 1 N–H and O–H groups in total. The minimum absolute atomic E-state index is 0.141. The van der Waals surface area contributed by atoms with Crippen LogP contribution in [0.4, 0.5) is 8.78 Å². The molecule has 0 fully saturated rings. The molecule has 0 unspecified atom stereocenters. The van der Waals surface area contributed by atoms with Gasteiger partial charge in [-0.3, -0.25) is 4.79 Å². The highest BCUT2D eigenvalue weighted by Gasteiger charge is 2.02. The second kappa shape index (κ2) is 12.7. The summed E-state index contributed by atoms with van der Waals surface area (Å²) in [4.78, 5) is 10.2. The normalized spacial score (nSPS) is 9.17. The summed E-state index contributed by atoms with van der Waals surface area (Å²) >= 11 is 5.94. The van der Waals surface area contributed by atoms with Crippen molar-refractivity contribution in [3.8, 4) is 0 Å². The molecule has 126 valence electrons. The van der Waals surface area contributed by atoms with E-state index in [0.29, 0.717) is 21.9 Å². The Hall–Kier alpha value is -0.680. The van der Waals surface area contributed by atoms with Crippen molar-refractivity contribution in [3.05, 3.63) is 68.1 Å². The number of aliphatic hydroxyl groups excluding tert-OH is 1. The number of carbonyl (C=O) groups is 1. The van der Waals surface area contributed by atoms with Crippen molar-refractivity contribution in [3.63, 3.8) is 0 Å². The van der Waals surface area contributed by atoms with E-state index in [1.165, 1.54) is 18.2 Å². The predicted molar refractivity (Wildman–Crippen MR) is 99.7 cm³/mol. The fourth-order valence-electron chi connectivity index (χ4n) is 1.28. The molecule has 0 radical (unpaired) electrons. The molecule has 0 aliphatic heterocycles. The Balaban J connectivity index is 0.000000360. The van der Waals surface area contributed by atoms with E-state index in [4.69, 9.17) is 5.11 Å². The van der Waals surface area contributed by atoms with Crippen molar-refractivity contribution in [2.45, 2.75) is 6.61 Å². The van der Waals surface area contributed by atoms with Crippen LogP contribution in [0.2, 0.25) is 0 Å². The number of hydrogen-bond acceptors (Lipinski definition) is 2. The van der Waals surface area contributed by atoms with Gasteiger partial charge in [0.1, 0.15) is 11.6 Å². The zero-order valence-corrected chi connectivity index (χ0v) is 16.8. The first-order chi connectivity index (χ1) is 10.9. The Morgan fingerprint density at radius 3 is 1.91 bits per heavy atom. The van der Waals surface area contributed by atoms with Crippen molar-refractivity contribution >= 4 is 46.7 Å². The number of rotatable bonds is 2. The van der Waals surface area contributed by atoms with Crippen molar-refractivity contribution in [2.75, 3.05) is 13.3 Å². The third-order valence-corrected chi connectivity index (χ3v) is 4.04. The van der Waals surface area contributed by atoms with Crippen LogP contribution >= 0.6 is 40.4 Å². The van der Waals surface area contributed by atoms with Gasteiger partial charge in [-0.2, -0.15) is 0 Å². The Labute approximate surface area is 153 Å². The van der Waals surface area contributed by atoms with Gasteiger partial charge in [-0.05, 0) is 62.9 Å². The lowest BCUT2D eigenvalue weighted by Crippen LogP contribution is -1.87. The molecule has 2 aromatic carbocycles. The van der Waals surface area contributed by atoms with Gasteiger partial charge in [-0.25, -0.2) is 8.78 Å². The lowest BCUT2D eigenvalue weighted by molar-refractivity contribution is 0.112. The van der Waals surface area contributed by atoms with Gasteiger partial charge in [0.2, 0.25) is 0 Å². The SMILES string of the molecule is CPC.O=Cc1cccc(F)c1Br.OCc1cccc(F)c1Br. The topological polar surface area (TPSA) is 37.3 Å².